The molecule has 74 valence electrons. The van der Waals surface area contributed by atoms with Crippen molar-refractivity contribution in [2.24, 2.45) is 0 Å². The molecule has 0 bridgehead atoms. The first-order chi connectivity index (χ1) is 6.26. The van der Waals surface area contributed by atoms with Crippen LogP contribution in [-0.2, 0) is 6.42 Å². The Bertz CT molecular complexity index is 252. The minimum absolute atomic E-state index is 0.244. The molecular formula is C8H14N2OS2. The summed E-state index contributed by atoms with van der Waals surface area (Å²) in [4.78, 5) is 4.34. The number of nitrogens with zero attached hydrogens (tertiary/aromatic N) is 2. The monoisotopic (exact) mass is 218 g/mol. The van der Waals surface area contributed by atoms with Crippen LogP contribution >= 0.6 is 23.3 Å². The third-order valence-electron chi connectivity index (χ3n) is 1.60. The first-order valence-electron chi connectivity index (χ1n) is 4.36. The Kier molecular flexibility index (Phi) is 4.69. The molecule has 1 aromatic rings. The number of rotatable bonds is 5. The Morgan fingerprint density at radius 3 is 2.92 bits per heavy atom. The summed E-state index contributed by atoms with van der Waals surface area (Å²) in [6.07, 6.45) is 1.71. The zero-order chi connectivity index (χ0) is 9.68. The maximum absolute atomic E-state index is 8.72. The number of hydrogen-bond donors (Lipinski definition) is 1. The Morgan fingerprint density at radius 1 is 1.62 bits per heavy atom. The predicted molar refractivity (Wildman–Crippen MR) is 56.3 cm³/mol. The fourth-order valence-electron chi connectivity index (χ4n) is 0.842. The molecule has 0 spiro atoms. The van der Waals surface area contributed by atoms with Crippen LogP contribution in [0.5, 0.6) is 0 Å². The molecule has 1 atom stereocenters. The quantitative estimate of drug-likeness (QED) is 0.767. The normalized spacial score (nSPS) is 13.2. The van der Waals surface area contributed by atoms with Crippen LogP contribution in [0.2, 0.25) is 0 Å². The summed E-state index contributed by atoms with van der Waals surface area (Å²) in [7, 11) is 0. The summed E-state index contributed by atoms with van der Waals surface area (Å²) in [5.74, 6) is 0.920. The third-order valence-corrected chi connectivity index (χ3v) is 3.60. The minimum atomic E-state index is 0.244. The van der Waals surface area contributed by atoms with Gasteiger partial charge < -0.3 is 5.11 Å². The van der Waals surface area contributed by atoms with Crippen molar-refractivity contribution in [3.63, 3.8) is 0 Å². The highest BCUT2D eigenvalue weighted by Gasteiger charge is 2.08. The predicted octanol–water partition coefficient (Wildman–Crippen LogP) is 1.96. The van der Waals surface area contributed by atoms with E-state index in [4.69, 9.17) is 5.11 Å². The van der Waals surface area contributed by atoms with Gasteiger partial charge in [-0.3, -0.25) is 0 Å². The molecule has 1 rings (SSSR count). The standard InChI is InChI=1S/C8H14N2OS2/c1-3-7-9-8(13-10-7)12-6(2)4-5-11/h6,11H,3-5H2,1-2H3. The Labute approximate surface area is 86.8 Å². The highest BCUT2D eigenvalue weighted by molar-refractivity contribution is 8.01. The van der Waals surface area contributed by atoms with Crippen molar-refractivity contribution in [1.29, 1.82) is 0 Å². The second kappa shape index (κ2) is 5.57. The number of aliphatic hydroxyl groups excluding tert-OH is 1. The summed E-state index contributed by atoms with van der Waals surface area (Å²) in [6, 6.07) is 0. The zero-order valence-corrected chi connectivity index (χ0v) is 9.49. The molecule has 0 aliphatic heterocycles. The highest BCUT2D eigenvalue weighted by atomic mass is 32.2. The van der Waals surface area contributed by atoms with Gasteiger partial charge in [-0.05, 0) is 18.0 Å². The molecule has 0 radical (unpaired) electrons. The van der Waals surface area contributed by atoms with E-state index in [0.717, 1.165) is 23.0 Å². The average Bonchev–Trinajstić information content (AvgIpc) is 2.52. The lowest BCUT2D eigenvalue weighted by atomic mass is 10.4. The fraction of sp³-hybridized carbons (Fsp3) is 0.750. The Hall–Kier alpha value is -0.130. The minimum Gasteiger partial charge on any atom is -0.396 e. The van der Waals surface area contributed by atoms with E-state index >= 15 is 0 Å². The van der Waals surface area contributed by atoms with Gasteiger partial charge in [0.2, 0.25) is 0 Å². The molecular weight excluding hydrogens is 204 g/mol. The summed E-state index contributed by atoms with van der Waals surface area (Å²) in [6.45, 7) is 4.38. The topological polar surface area (TPSA) is 46.0 Å². The van der Waals surface area contributed by atoms with E-state index in [1.165, 1.54) is 11.5 Å². The molecule has 5 heteroatoms. The Balaban J connectivity index is 2.44. The summed E-state index contributed by atoms with van der Waals surface area (Å²) < 4.78 is 5.21. The van der Waals surface area contributed by atoms with Crippen LogP contribution in [0.25, 0.3) is 0 Å². The second-order valence-corrected chi connectivity index (χ2v) is 5.21. The van der Waals surface area contributed by atoms with Gasteiger partial charge >= 0.3 is 0 Å². The van der Waals surface area contributed by atoms with E-state index in [9.17, 15) is 0 Å². The molecule has 0 aliphatic rings. The van der Waals surface area contributed by atoms with Gasteiger partial charge in [0.05, 0.1) is 0 Å². The lowest BCUT2D eigenvalue weighted by Gasteiger charge is -2.04. The van der Waals surface area contributed by atoms with Crippen LogP contribution in [0.1, 0.15) is 26.1 Å². The summed E-state index contributed by atoms with van der Waals surface area (Å²) in [5.41, 5.74) is 0. The van der Waals surface area contributed by atoms with Crippen LogP contribution in [0.4, 0.5) is 0 Å². The molecule has 0 saturated heterocycles. The fourth-order valence-corrected chi connectivity index (χ4v) is 2.84. The van der Waals surface area contributed by atoms with E-state index in [1.807, 2.05) is 6.92 Å². The van der Waals surface area contributed by atoms with Gasteiger partial charge in [0.25, 0.3) is 0 Å². The number of aryl methyl sites for hydroxylation is 1. The van der Waals surface area contributed by atoms with Gasteiger partial charge in [-0.25, -0.2) is 4.98 Å². The molecule has 0 saturated carbocycles. The van der Waals surface area contributed by atoms with Crippen molar-refractivity contribution >= 4 is 23.3 Å². The van der Waals surface area contributed by atoms with Crippen molar-refractivity contribution in [2.75, 3.05) is 6.61 Å². The smallest absolute Gasteiger partial charge is 0.170 e. The van der Waals surface area contributed by atoms with Gasteiger partial charge in [0, 0.05) is 18.3 Å². The molecule has 1 heterocycles. The third kappa shape index (κ3) is 3.62. The highest BCUT2D eigenvalue weighted by Crippen LogP contribution is 2.26. The lowest BCUT2D eigenvalue weighted by Crippen LogP contribution is -1.98. The van der Waals surface area contributed by atoms with Crippen molar-refractivity contribution in [2.45, 2.75) is 36.3 Å². The second-order valence-electron chi connectivity index (χ2n) is 2.77. The SMILES string of the molecule is CCc1nsc(SC(C)CCO)n1. The number of aliphatic hydroxyl groups is 1. The number of aromatic nitrogens is 2. The first-order valence-corrected chi connectivity index (χ1v) is 6.01. The molecule has 0 aliphatic carbocycles. The largest absolute Gasteiger partial charge is 0.396 e. The molecule has 0 aromatic carbocycles. The Morgan fingerprint density at radius 2 is 2.38 bits per heavy atom. The summed E-state index contributed by atoms with van der Waals surface area (Å²) >= 11 is 3.14. The van der Waals surface area contributed by atoms with E-state index in [2.05, 4.69) is 16.3 Å². The van der Waals surface area contributed by atoms with Crippen molar-refractivity contribution in [3.8, 4) is 0 Å². The van der Waals surface area contributed by atoms with E-state index < -0.39 is 0 Å². The van der Waals surface area contributed by atoms with Crippen molar-refractivity contribution < 1.29 is 5.11 Å². The van der Waals surface area contributed by atoms with Gasteiger partial charge in [-0.1, -0.05) is 25.6 Å². The molecule has 1 N–H and O–H groups in total. The van der Waals surface area contributed by atoms with E-state index in [1.54, 1.807) is 11.8 Å². The molecule has 1 unspecified atom stereocenters. The van der Waals surface area contributed by atoms with Gasteiger partial charge in [0.1, 0.15) is 5.82 Å². The van der Waals surface area contributed by atoms with Gasteiger partial charge in [0.15, 0.2) is 4.34 Å². The zero-order valence-electron chi connectivity index (χ0n) is 7.86. The van der Waals surface area contributed by atoms with Crippen LogP contribution in [0.3, 0.4) is 0 Å². The van der Waals surface area contributed by atoms with E-state index in [-0.39, 0.29) is 6.61 Å². The van der Waals surface area contributed by atoms with Crippen molar-refractivity contribution in [1.82, 2.24) is 9.36 Å². The van der Waals surface area contributed by atoms with Crippen LogP contribution in [0, 0.1) is 0 Å². The molecule has 3 nitrogen and oxygen atoms in total. The molecule has 13 heavy (non-hydrogen) atoms. The van der Waals surface area contributed by atoms with Crippen LogP contribution in [-0.4, -0.2) is 26.3 Å². The molecule has 1 aromatic heterocycles. The molecule has 0 amide bonds. The van der Waals surface area contributed by atoms with Gasteiger partial charge in [-0.15, -0.1) is 0 Å². The van der Waals surface area contributed by atoms with Crippen LogP contribution < -0.4 is 0 Å². The molecule has 0 fully saturated rings. The van der Waals surface area contributed by atoms with Gasteiger partial charge in [-0.2, -0.15) is 4.37 Å². The average molecular weight is 218 g/mol. The van der Waals surface area contributed by atoms with E-state index in [0.29, 0.717) is 5.25 Å². The summed E-state index contributed by atoms with van der Waals surface area (Å²) in [5, 5.41) is 9.14. The van der Waals surface area contributed by atoms with Crippen LogP contribution in [0.15, 0.2) is 4.34 Å². The maximum Gasteiger partial charge on any atom is 0.170 e. The number of hydrogen-bond acceptors (Lipinski definition) is 5. The van der Waals surface area contributed by atoms with Crippen molar-refractivity contribution in [3.05, 3.63) is 5.82 Å². The maximum atomic E-state index is 8.72. The first kappa shape index (κ1) is 10.9. The number of thioether (sulfide) groups is 1. The lowest BCUT2D eigenvalue weighted by molar-refractivity contribution is 0.289.